The Balaban J connectivity index is 1.77. The van der Waals surface area contributed by atoms with E-state index in [4.69, 9.17) is 0 Å². The molecule has 0 bridgehead atoms. The van der Waals surface area contributed by atoms with Gasteiger partial charge in [-0.1, -0.05) is 75.6 Å². The molecule has 0 radical (unpaired) electrons. The molecule has 2 atom stereocenters. The number of nitrogens with zero attached hydrogens (tertiary/aromatic N) is 1. The molecule has 1 aliphatic rings. The topological polar surface area (TPSA) is 3.24 Å². The average Bonchev–Trinajstić information content (AvgIpc) is 3.12. The van der Waals surface area contributed by atoms with Crippen LogP contribution in [0.3, 0.4) is 0 Å². The summed E-state index contributed by atoms with van der Waals surface area (Å²) in [5.41, 5.74) is 2.50. The van der Waals surface area contributed by atoms with Gasteiger partial charge in [0, 0.05) is 14.6 Å². The van der Waals surface area contributed by atoms with Crippen molar-refractivity contribution in [3.8, 4) is 0 Å². The highest BCUT2D eigenvalue weighted by atomic mass is 79.9. The first-order valence-electron chi connectivity index (χ1n) is 9.45. The maximum absolute atomic E-state index is 13.2. The molecule has 0 aromatic heterocycles. The fourth-order valence-corrected chi connectivity index (χ4v) is 5.25. The molecule has 0 saturated carbocycles. The molecule has 0 N–H and O–H groups in total. The highest BCUT2D eigenvalue weighted by Crippen LogP contribution is 3.02. The van der Waals surface area contributed by atoms with Crippen LogP contribution in [0.25, 0.3) is 0 Å². The molecule has 1 fully saturated rings. The lowest BCUT2D eigenvalue weighted by Gasteiger charge is -2.41. The number of anilines is 1. The lowest BCUT2D eigenvalue weighted by Crippen LogP contribution is -2.26. The molecular weight excluding hydrogens is 565 g/mol. The number of hydrogen-bond acceptors (Lipinski definition) is 1. The van der Waals surface area contributed by atoms with Crippen molar-refractivity contribution in [2.75, 3.05) is 4.90 Å². The third-order valence-corrected chi connectivity index (χ3v) is 7.70. The van der Waals surface area contributed by atoms with Crippen LogP contribution in [0.4, 0.5) is 25.1 Å². The standard InChI is InChI=1S/C22H18Br2F5NS/c23-17-5-1-15(2-6-17)21-13-14-22(16-3-7-18(24)8-4-16)30(21)19-9-11-20(12-10-19)31(25,26,27,28)29/h1-12,21-22H,13-14H2/t21-,22-/m1/s1. The first-order valence-corrected chi connectivity index (χ1v) is 13.0. The maximum Gasteiger partial charge on any atom is 0.310 e. The highest BCUT2D eigenvalue weighted by Gasteiger charge is 2.65. The van der Waals surface area contributed by atoms with Crippen molar-refractivity contribution < 1.29 is 19.4 Å². The fraction of sp³-hybridized carbons (Fsp3) is 0.182. The summed E-state index contributed by atoms with van der Waals surface area (Å²) in [4.78, 5) is 0.158. The summed E-state index contributed by atoms with van der Waals surface area (Å²) < 4.78 is 67.8. The minimum Gasteiger partial charge on any atom is -0.357 e. The normalized spacial score (nSPS) is 21.6. The Labute approximate surface area is 194 Å². The average molecular weight is 583 g/mol. The Morgan fingerprint density at radius 2 is 1.00 bits per heavy atom. The van der Waals surface area contributed by atoms with Gasteiger partial charge in [-0.25, -0.2) is 0 Å². The van der Waals surface area contributed by atoms with Crippen molar-refractivity contribution in [2.45, 2.75) is 29.8 Å². The first kappa shape index (κ1) is 22.6. The fourth-order valence-electron chi connectivity index (χ4n) is 4.07. The molecular formula is C22H18Br2F5NS. The quantitative estimate of drug-likeness (QED) is 0.277. The van der Waals surface area contributed by atoms with Crippen LogP contribution >= 0.6 is 42.1 Å². The zero-order valence-electron chi connectivity index (χ0n) is 16.0. The Morgan fingerprint density at radius 3 is 1.35 bits per heavy atom. The number of halogens is 7. The second-order valence-corrected chi connectivity index (χ2v) is 11.8. The third kappa shape index (κ3) is 4.93. The smallest absolute Gasteiger partial charge is 0.310 e. The van der Waals surface area contributed by atoms with Crippen molar-refractivity contribution >= 4 is 47.8 Å². The summed E-state index contributed by atoms with van der Waals surface area (Å²) >= 11 is 6.83. The summed E-state index contributed by atoms with van der Waals surface area (Å²) in [7, 11) is -9.71. The van der Waals surface area contributed by atoms with Gasteiger partial charge in [-0.05, 0) is 72.5 Å². The van der Waals surface area contributed by atoms with Crippen LogP contribution in [0, 0.1) is 0 Å². The number of hydrogen-bond donors (Lipinski definition) is 0. The van der Waals surface area contributed by atoms with Gasteiger partial charge in [0.15, 0.2) is 0 Å². The number of rotatable bonds is 4. The lowest BCUT2D eigenvalue weighted by molar-refractivity contribution is 0.364. The Kier molecular flexibility index (Phi) is 5.26. The van der Waals surface area contributed by atoms with Crippen LogP contribution in [-0.4, -0.2) is 0 Å². The van der Waals surface area contributed by atoms with Crippen LogP contribution in [0.5, 0.6) is 0 Å². The predicted octanol–water partition coefficient (Wildman–Crippen LogP) is 9.95. The molecule has 1 saturated heterocycles. The van der Waals surface area contributed by atoms with E-state index in [9.17, 15) is 19.4 Å². The SMILES string of the molecule is FS(F)(F)(F)(F)c1ccc(N2[C@@H](c3ccc(Br)cc3)CC[C@@H]2c2ccc(Br)cc2)cc1. The second kappa shape index (κ2) is 7.22. The molecule has 1 aliphatic heterocycles. The minimum absolute atomic E-state index is 0.0902. The van der Waals surface area contributed by atoms with Gasteiger partial charge in [-0.3, -0.25) is 0 Å². The van der Waals surface area contributed by atoms with E-state index < -0.39 is 15.1 Å². The molecule has 3 aromatic carbocycles. The molecule has 3 aromatic rings. The Morgan fingerprint density at radius 1 is 0.613 bits per heavy atom. The zero-order valence-corrected chi connectivity index (χ0v) is 20.0. The largest absolute Gasteiger partial charge is 0.357 e. The van der Waals surface area contributed by atoms with Crippen LogP contribution in [0.2, 0.25) is 0 Å². The van der Waals surface area contributed by atoms with E-state index in [2.05, 4.69) is 31.9 Å². The number of benzene rings is 3. The summed E-state index contributed by atoms with van der Waals surface area (Å²) in [6.07, 6.45) is 1.57. The first-order chi connectivity index (χ1) is 14.3. The molecule has 31 heavy (non-hydrogen) atoms. The van der Waals surface area contributed by atoms with E-state index in [1.54, 1.807) is 0 Å². The van der Waals surface area contributed by atoms with Gasteiger partial charge in [0.1, 0.15) is 4.90 Å². The van der Waals surface area contributed by atoms with Crippen molar-refractivity contribution in [3.05, 3.63) is 92.9 Å². The molecule has 0 spiro atoms. The molecule has 166 valence electrons. The Bertz CT molecular complexity index is 1030. The van der Waals surface area contributed by atoms with E-state index in [0.717, 1.165) is 45.0 Å². The third-order valence-electron chi connectivity index (χ3n) is 5.47. The summed E-state index contributed by atoms with van der Waals surface area (Å²) in [5.74, 6) is 0. The molecule has 9 heteroatoms. The molecule has 4 rings (SSSR count). The zero-order chi connectivity index (χ0) is 22.5. The van der Waals surface area contributed by atoms with Crippen LogP contribution in [0.15, 0.2) is 86.6 Å². The van der Waals surface area contributed by atoms with E-state index in [1.165, 1.54) is 0 Å². The van der Waals surface area contributed by atoms with Crippen molar-refractivity contribution in [2.24, 2.45) is 0 Å². The van der Waals surface area contributed by atoms with E-state index >= 15 is 0 Å². The van der Waals surface area contributed by atoms with Gasteiger partial charge in [-0.15, -0.1) is 0 Å². The van der Waals surface area contributed by atoms with Crippen molar-refractivity contribution in [1.29, 1.82) is 0 Å². The monoisotopic (exact) mass is 581 g/mol. The summed E-state index contributed by atoms with van der Waals surface area (Å²) in [6, 6.07) is 18.6. The van der Waals surface area contributed by atoms with Gasteiger partial charge in [0.05, 0.1) is 12.1 Å². The van der Waals surface area contributed by atoms with Gasteiger partial charge in [0.25, 0.3) is 0 Å². The van der Waals surface area contributed by atoms with Gasteiger partial charge < -0.3 is 4.90 Å². The lowest BCUT2D eigenvalue weighted by atomic mass is 10.0. The maximum atomic E-state index is 13.2. The van der Waals surface area contributed by atoms with Gasteiger partial charge in [-0.2, -0.15) is 0 Å². The van der Waals surface area contributed by atoms with Crippen LogP contribution in [-0.2, 0) is 0 Å². The minimum atomic E-state index is -9.71. The van der Waals surface area contributed by atoms with Gasteiger partial charge in [0.2, 0.25) is 0 Å². The van der Waals surface area contributed by atoms with Crippen LogP contribution in [0.1, 0.15) is 36.1 Å². The molecule has 1 nitrogen and oxygen atoms in total. The predicted molar refractivity (Wildman–Crippen MR) is 123 cm³/mol. The molecule has 0 aliphatic carbocycles. The van der Waals surface area contributed by atoms with E-state index in [0.29, 0.717) is 17.8 Å². The molecule has 0 amide bonds. The van der Waals surface area contributed by atoms with Gasteiger partial charge >= 0.3 is 10.2 Å². The molecule has 1 heterocycles. The van der Waals surface area contributed by atoms with E-state index in [-0.39, 0.29) is 12.1 Å². The summed E-state index contributed by atoms with van der Waals surface area (Å²) in [5, 5.41) is 0. The van der Waals surface area contributed by atoms with Crippen LogP contribution < -0.4 is 4.90 Å². The van der Waals surface area contributed by atoms with E-state index in [1.807, 2.05) is 53.4 Å². The molecule has 0 unspecified atom stereocenters. The Hall–Kier alpha value is -1.58. The summed E-state index contributed by atoms with van der Waals surface area (Å²) in [6.45, 7) is 0. The second-order valence-electron chi connectivity index (χ2n) is 7.58. The van der Waals surface area contributed by atoms with Crippen molar-refractivity contribution in [1.82, 2.24) is 0 Å². The highest BCUT2D eigenvalue weighted by molar-refractivity contribution is 9.10. The van der Waals surface area contributed by atoms with Crippen molar-refractivity contribution in [3.63, 3.8) is 0 Å².